The van der Waals surface area contributed by atoms with Gasteiger partial charge >= 0.3 is 18.4 Å². The van der Waals surface area contributed by atoms with Crippen LogP contribution in [0.3, 0.4) is 0 Å². The minimum absolute atomic E-state index is 0.0256. The minimum Gasteiger partial charge on any atom is -0.477 e. The highest BCUT2D eigenvalue weighted by Gasteiger charge is 2.48. The normalized spacial score (nSPS) is 23.7. The molecule has 0 spiro atoms. The van der Waals surface area contributed by atoms with E-state index >= 15 is 0 Å². The molecule has 1 unspecified atom stereocenters. The Kier molecular flexibility index (Phi) is 5.83. The summed E-state index contributed by atoms with van der Waals surface area (Å²) in [7, 11) is -3.64. The molecular formula is C13H19FN4O7S. The summed E-state index contributed by atoms with van der Waals surface area (Å²) in [5, 5.41) is 16.5. The second-order valence-corrected chi connectivity index (χ2v) is 7.65. The molecule has 11 nitrogen and oxygen atoms in total. The highest BCUT2D eigenvalue weighted by atomic mass is 32.2. The monoisotopic (exact) mass is 394 g/mol. The van der Waals surface area contributed by atoms with E-state index in [1.165, 1.54) is 6.08 Å². The molecule has 0 saturated carbocycles. The van der Waals surface area contributed by atoms with Gasteiger partial charge in [0.2, 0.25) is 15.9 Å². The number of primary sulfonamides is 1. The van der Waals surface area contributed by atoms with E-state index in [1.54, 1.807) is 6.92 Å². The van der Waals surface area contributed by atoms with E-state index in [2.05, 4.69) is 10.2 Å². The van der Waals surface area contributed by atoms with E-state index in [4.69, 9.17) is 10.2 Å². The first-order valence-electron chi connectivity index (χ1n) is 7.61. The quantitative estimate of drug-likeness (QED) is 0.335. The molecule has 1 fully saturated rings. The lowest BCUT2D eigenvalue weighted by atomic mass is 10.00. The smallest absolute Gasteiger partial charge is 0.368 e. The molecule has 2 aliphatic rings. The molecule has 4 N–H and O–H groups in total. The lowest BCUT2D eigenvalue weighted by molar-refractivity contribution is -0.219. The van der Waals surface area contributed by atoms with Crippen LogP contribution in [-0.2, 0) is 24.4 Å². The lowest BCUT2D eigenvalue weighted by Gasteiger charge is -2.29. The number of aliphatic carboxylic acids is 1. The van der Waals surface area contributed by atoms with Crippen molar-refractivity contribution in [1.29, 1.82) is 0 Å². The lowest BCUT2D eigenvalue weighted by Crippen LogP contribution is -2.50. The Bertz CT molecular complexity index is 741. The van der Waals surface area contributed by atoms with Gasteiger partial charge in [0.25, 0.3) is 0 Å². The zero-order valence-corrected chi connectivity index (χ0v) is 14.6. The highest BCUT2D eigenvalue weighted by molar-refractivity contribution is 7.89. The maximum Gasteiger partial charge on any atom is 0.368 e. The van der Waals surface area contributed by atoms with Crippen molar-refractivity contribution in [3.8, 4) is 0 Å². The molecule has 2 aliphatic heterocycles. The van der Waals surface area contributed by atoms with Crippen molar-refractivity contribution in [2.24, 2.45) is 5.14 Å². The number of carboxylic acids is 1. The van der Waals surface area contributed by atoms with Crippen LogP contribution >= 0.6 is 0 Å². The van der Waals surface area contributed by atoms with Crippen LogP contribution in [-0.4, -0.2) is 78.7 Å². The average molecular weight is 394 g/mol. The van der Waals surface area contributed by atoms with Crippen molar-refractivity contribution < 1.29 is 37.1 Å². The summed E-state index contributed by atoms with van der Waals surface area (Å²) >= 11 is 0. The number of amides is 3. The number of alkyl halides is 1. The van der Waals surface area contributed by atoms with Crippen molar-refractivity contribution in [3.05, 3.63) is 11.6 Å². The first kappa shape index (κ1) is 20.1. The summed E-state index contributed by atoms with van der Waals surface area (Å²) in [4.78, 5) is 40.9. The molecule has 0 aromatic rings. The zero-order valence-electron chi connectivity index (χ0n) is 13.8. The number of urea groups is 1. The predicted molar refractivity (Wildman–Crippen MR) is 84.5 cm³/mol. The molecule has 13 heteroatoms. The maximum absolute atomic E-state index is 13.3. The van der Waals surface area contributed by atoms with E-state index in [0.717, 1.165) is 4.90 Å². The number of nitrogens with zero attached hydrogens (tertiary/aromatic N) is 2. The zero-order chi connectivity index (χ0) is 19.6. The van der Waals surface area contributed by atoms with Gasteiger partial charge in [0.1, 0.15) is 6.04 Å². The predicted octanol–water partition coefficient (Wildman–Crippen LogP) is -1.47. The van der Waals surface area contributed by atoms with Crippen LogP contribution in [0.2, 0.25) is 0 Å². The molecule has 2 rings (SSSR count). The fraction of sp³-hybridized carbons (Fsp3) is 0.615. The SMILES string of the molecule is CC1=C[C@@H]2CN(C(=O)N2OC(F)C(=O)O)[C@@H]1C(=O)NCCCS(N)(=O)=O. The Morgan fingerprint density at radius 3 is 2.77 bits per heavy atom. The third-order valence-electron chi connectivity index (χ3n) is 3.87. The molecule has 26 heavy (non-hydrogen) atoms. The molecule has 146 valence electrons. The largest absolute Gasteiger partial charge is 0.477 e. The molecular weight excluding hydrogens is 375 g/mol. The third kappa shape index (κ3) is 4.47. The van der Waals surface area contributed by atoms with Crippen LogP contribution in [0.15, 0.2) is 11.6 Å². The topological polar surface area (TPSA) is 159 Å². The Hall–Kier alpha value is -2.25. The number of hydrogen-bond donors (Lipinski definition) is 3. The van der Waals surface area contributed by atoms with Crippen LogP contribution in [0.5, 0.6) is 0 Å². The molecule has 2 bridgehead atoms. The fourth-order valence-corrected chi connectivity index (χ4v) is 3.34. The van der Waals surface area contributed by atoms with Crippen molar-refractivity contribution >= 4 is 27.9 Å². The molecule has 3 atom stereocenters. The number of fused-ring (bicyclic) bond motifs is 2. The van der Waals surface area contributed by atoms with E-state index in [-0.39, 0.29) is 25.3 Å². The van der Waals surface area contributed by atoms with Gasteiger partial charge in [-0.2, -0.15) is 5.06 Å². The maximum atomic E-state index is 13.3. The van der Waals surface area contributed by atoms with Crippen LogP contribution in [0, 0.1) is 0 Å². The van der Waals surface area contributed by atoms with Crippen molar-refractivity contribution in [2.45, 2.75) is 31.8 Å². The Morgan fingerprint density at radius 1 is 1.54 bits per heavy atom. The van der Waals surface area contributed by atoms with E-state index in [1.807, 2.05) is 0 Å². The minimum atomic E-state index is -3.64. The molecule has 0 radical (unpaired) electrons. The number of carboxylic acid groups (broad SMARTS) is 1. The molecule has 3 amide bonds. The van der Waals surface area contributed by atoms with Gasteiger partial charge in [-0.3, -0.25) is 4.79 Å². The number of rotatable bonds is 8. The van der Waals surface area contributed by atoms with Crippen LogP contribution in [0.1, 0.15) is 13.3 Å². The fourth-order valence-electron chi connectivity index (χ4n) is 2.80. The van der Waals surface area contributed by atoms with Crippen LogP contribution < -0.4 is 10.5 Å². The second kappa shape index (κ2) is 7.55. The number of carbonyl (C=O) groups is 3. The van der Waals surface area contributed by atoms with Crippen LogP contribution in [0.25, 0.3) is 0 Å². The number of sulfonamides is 1. The van der Waals surface area contributed by atoms with Gasteiger partial charge in [0.05, 0.1) is 18.3 Å². The van der Waals surface area contributed by atoms with Crippen molar-refractivity contribution in [3.63, 3.8) is 0 Å². The highest BCUT2D eigenvalue weighted by Crippen LogP contribution is 2.30. The summed E-state index contributed by atoms with van der Waals surface area (Å²) < 4.78 is 35.0. The molecule has 0 aromatic carbocycles. The van der Waals surface area contributed by atoms with Gasteiger partial charge in [-0.05, 0) is 18.9 Å². The first-order chi connectivity index (χ1) is 12.0. The summed E-state index contributed by atoms with van der Waals surface area (Å²) in [5.74, 6) is -2.72. The van der Waals surface area contributed by atoms with E-state index in [0.29, 0.717) is 10.6 Å². The van der Waals surface area contributed by atoms with E-state index < -0.39 is 46.4 Å². The van der Waals surface area contributed by atoms with Gasteiger partial charge in [0.15, 0.2) is 0 Å². The van der Waals surface area contributed by atoms with Gasteiger partial charge in [-0.25, -0.2) is 32.4 Å². The number of hydroxylamine groups is 2. The molecule has 1 saturated heterocycles. The average Bonchev–Trinajstić information content (AvgIpc) is 2.75. The summed E-state index contributed by atoms with van der Waals surface area (Å²) in [6.45, 7) is 1.66. The first-order valence-corrected chi connectivity index (χ1v) is 9.33. The van der Waals surface area contributed by atoms with Crippen molar-refractivity contribution in [1.82, 2.24) is 15.3 Å². The van der Waals surface area contributed by atoms with Gasteiger partial charge in [-0.15, -0.1) is 0 Å². The van der Waals surface area contributed by atoms with Crippen molar-refractivity contribution in [2.75, 3.05) is 18.8 Å². The molecule has 0 aliphatic carbocycles. The third-order valence-corrected chi connectivity index (χ3v) is 4.73. The van der Waals surface area contributed by atoms with E-state index in [9.17, 15) is 27.2 Å². The Morgan fingerprint density at radius 2 is 2.19 bits per heavy atom. The number of nitrogens with two attached hydrogens (primary N) is 1. The number of hydrogen-bond acceptors (Lipinski definition) is 6. The van der Waals surface area contributed by atoms with Gasteiger partial charge in [-0.1, -0.05) is 6.08 Å². The number of carbonyl (C=O) groups excluding carboxylic acids is 2. The standard InChI is InChI=1S/C13H19FN4O7S/c1-7-5-8-6-17(13(22)18(8)25-10(14)12(20)21)9(7)11(19)16-3-2-4-26(15,23)24/h5,8-10H,2-4,6H2,1H3,(H,16,19)(H,20,21)(H2,15,23,24)/t8-,9+,10?/m1/s1. The van der Waals surface area contributed by atoms with Gasteiger partial charge < -0.3 is 15.3 Å². The second-order valence-electron chi connectivity index (χ2n) is 5.91. The molecule has 0 aromatic heterocycles. The Labute approximate surface area is 148 Å². The number of nitrogens with one attached hydrogen (secondary N) is 1. The molecule has 2 heterocycles. The summed E-state index contributed by atoms with van der Waals surface area (Å²) in [6.07, 6.45) is -1.09. The summed E-state index contributed by atoms with van der Waals surface area (Å²) in [6, 6.07) is -2.53. The Balaban J connectivity index is 2.01. The van der Waals surface area contributed by atoms with Gasteiger partial charge in [0, 0.05) is 6.54 Å². The summed E-state index contributed by atoms with van der Waals surface area (Å²) in [5.41, 5.74) is 0.496. The van der Waals surface area contributed by atoms with Crippen LogP contribution in [0.4, 0.5) is 9.18 Å². The number of halogens is 1.